The van der Waals surface area contributed by atoms with Crippen molar-refractivity contribution in [2.24, 2.45) is 0 Å². The smallest absolute Gasteiger partial charge is 0.418 e. The van der Waals surface area contributed by atoms with E-state index < -0.39 is 40.9 Å². The number of allylic oxidation sites excluding steroid dienone is 2. The summed E-state index contributed by atoms with van der Waals surface area (Å²) in [5.74, 6) is 1.56. The molecule has 8 aromatic carbocycles. The van der Waals surface area contributed by atoms with Crippen molar-refractivity contribution >= 4 is 72.3 Å². The summed E-state index contributed by atoms with van der Waals surface area (Å²) in [6.45, 7) is 11.0. The maximum atomic E-state index is 14.1. The molecule has 0 aliphatic rings. The predicted octanol–water partition coefficient (Wildman–Crippen LogP) is 17.4. The Morgan fingerprint density at radius 2 is 1.01 bits per heavy atom. The SMILES string of the molecule is C=C(Cn1cccn1)C(=O)Nc1ccc(CC(=O)c2cccc3c(Oc4ccnc5cc(C)c(OC)cc45)cccc23)cc1C(F)(F)F.COc1cc2c(Oc3cccc4c(C(=O)Cc5ccc(CC(=O)C=C(C)C)c(C(F)(F)F)c5)cccc34)ccnc2cc1C. The minimum absolute atomic E-state index is 0.0121. The first kappa shape index (κ1) is 64.0. The van der Waals surface area contributed by atoms with Gasteiger partial charge in [-0.25, -0.2) is 0 Å². The number of hydrogen-bond donors (Lipinski definition) is 1. The molecule has 466 valence electrons. The van der Waals surface area contributed by atoms with E-state index in [2.05, 4.69) is 27.0 Å². The first-order valence-corrected chi connectivity index (χ1v) is 28.8. The lowest BCUT2D eigenvalue weighted by molar-refractivity contribution is -0.138. The number of nitrogens with one attached hydrogen (secondary N) is 1. The van der Waals surface area contributed by atoms with Crippen LogP contribution in [0.15, 0.2) is 200 Å². The van der Waals surface area contributed by atoms with Crippen LogP contribution >= 0.6 is 0 Å². The molecule has 11 aromatic rings. The molecule has 1 N–H and O–H groups in total. The van der Waals surface area contributed by atoms with Crippen molar-refractivity contribution in [2.75, 3.05) is 19.5 Å². The van der Waals surface area contributed by atoms with E-state index in [0.717, 1.165) is 51.1 Å². The average molecular weight is 1250 g/mol. The van der Waals surface area contributed by atoms with Crippen LogP contribution in [0.25, 0.3) is 43.4 Å². The van der Waals surface area contributed by atoms with E-state index in [0.29, 0.717) is 72.7 Å². The van der Waals surface area contributed by atoms with Crippen LogP contribution in [0.3, 0.4) is 0 Å². The Hall–Kier alpha value is -11.0. The van der Waals surface area contributed by atoms with Crippen molar-refractivity contribution < 1.29 is 64.5 Å². The number of ketones is 3. The van der Waals surface area contributed by atoms with Crippen molar-refractivity contribution in [1.82, 2.24) is 19.7 Å². The number of aryl methyl sites for hydroxylation is 2. The van der Waals surface area contributed by atoms with Gasteiger partial charge in [-0.15, -0.1) is 0 Å². The number of Topliss-reactive ketones (excluding diaryl/α,β-unsaturated/α-hetero) is 2. The minimum Gasteiger partial charge on any atom is -0.496 e. The lowest BCUT2D eigenvalue weighted by Crippen LogP contribution is -2.20. The summed E-state index contributed by atoms with van der Waals surface area (Å²) in [6.07, 6.45) is -2.65. The molecule has 19 heteroatoms. The molecule has 0 radical (unpaired) electrons. The molecule has 0 saturated carbocycles. The Labute approximate surface area is 524 Å². The van der Waals surface area contributed by atoms with E-state index in [1.807, 2.05) is 50.2 Å². The van der Waals surface area contributed by atoms with Crippen LogP contribution in [-0.2, 0) is 47.7 Å². The van der Waals surface area contributed by atoms with E-state index in [9.17, 15) is 45.5 Å². The zero-order valence-electron chi connectivity index (χ0n) is 50.7. The highest BCUT2D eigenvalue weighted by Gasteiger charge is 2.36. The van der Waals surface area contributed by atoms with Gasteiger partial charge < -0.3 is 24.3 Å². The van der Waals surface area contributed by atoms with Crippen molar-refractivity contribution in [3.8, 4) is 34.5 Å². The van der Waals surface area contributed by atoms with E-state index in [4.69, 9.17) is 18.9 Å². The van der Waals surface area contributed by atoms with Gasteiger partial charge in [0.2, 0.25) is 0 Å². The van der Waals surface area contributed by atoms with Crippen LogP contribution in [0.5, 0.6) is 34.5 Å². The van der Waals surface area contributed by atoms with Crippen LogP contribution in [-0.4, -0.2) is 57.2 Å². The standard InChI is InChI=1S/C37H29F3N4O4.C36H30F3NO4/c1-22-17-31-28(20-35(22)47-3)34(13-15-41-31)48-33-10-5-7-25-26(8-4-9-27(25)33)32(45)19-24-11-12-30(29(18-24)37(38,39)40)43-36(46)23(2)21-44-16-6-14-42-44;1-21(2)15-25(41)19-24-12-11-23(17-30(24)36(37,38)39)18-32(42)27-8-5-9-28-26(27)7-6-10-33(28)44-34-13-14-40-31-16-22(3)35(43-4)20-29(31)34/h4-18,20H,2,19,21H2,1,3H3,(H,43,46);5-17,20H,18-19H2,1-4H3. The number of halogens is 6. The molecular formula is C73H59F6N5O8. The number of carbonyl (C=O) groups is 4. The Morgan fingerprint density at radius 3 is 1.49 bits per heavy atom. The zero-order valence-corrected chi connectivity index (χ0v) is 50.7. The molecule has 0 aliphatic carbocycles. The van der Waals surface area contributed by atoms with Gasteiger partial charge in [-0.05, 0) is 145 Å². The Balaban J connectivity index is 0.000000202. The van der Waals surface area contributed by atoms with Crippen LogP contribution in [0.1, 0.15) is 73.5 Å². The van der Waals surface area contributed by atoms with Gasteiger partial charge in [0.05, 0.1) is 48.6 Å². The molecule has 0 bridgehead atoms. The molecular weight excluding hydrogens is 1190 g/mol. The maximum Gasteiger partial charge on any atom is 0.418 e. The van der Waals surface area contributed by atoms with E-state index in [-0.39, 0.29) is 59.6 Å². The number of benzene rings is 8. The third kappa shape index (κ3) is 14.5. The fraction of sp³-hybridized carbons (Fsp3) is 0.164. The van der Waals surface area contributed by atoms with E-state index in [1.54, 1.807) is 126 Å². The maximum absolute atomic E-state index is 14.1. The van der Waals surface area contributed by atoms with Gasteiger partial charge in [0, 0.05) is 82.3 Å². The van der Waals surface area contributed by atoms with E-state index in [1.165, 1.54) is 35.2 Å². The number of ether oxygens (including phenoxy) is 4. The van der Waals surface area contributed by atoms with Gasteiger partial charge in [-0.3, -0.25) is 33.8 Å². The molecule has 0 saturated heterocycles. The average Bonchev–Trinajstić information content (AvgIpc) is 1.08. The van der Waals surface area contributed by atoms with Crippen LogP contribution in [0, 0.1) is 13.8 Å². The molecule has 13 nitrogen and oxygen atoms in total. The number of pyridine rings is 2. The molecule has 0 atom stereocenters. The minimum atomic E-state index is -4.80. The first-order chi connectivity index (χ1) is 44.0. The summed E-state index contributed by atoms with van der Waals surface area (Å²) >= 11 is 0. The summed E-state index contributed by atoms with van der Waals surface area (Å²) in [6, 6.07) is 40.8. The van der Waals surface area contributed by atoms with Crippen molar-refractivity contribution in [2.45, 2.75) is 65.9 Å². The zero-order chi connectivity index (χ0) is 65.6. The monoisotopic (exact) mass is 1250 g/mol. The van der Waals surface area contributed by atoms with Crippen LogP contribution < -0.4 is 24.3 Å². The number of fused-ring (bicyclic) bond motifs is 4. The van der Waals surface area contributed by atoms with Gasteiger partial charge in [0.1, 0.15) is 34.5 Å². The highest BCUT2D eigenvalue weighted by molar-refractivity contribution is 6.11. The van der Waals surface area contributed by atoms with Crippen LogP contribution in [0.2, 0.25) is 0 Å². The molecule has 0 spiro atoms. The lowest BCUT2D eigenvalue weighted by atomic mass is 9.94. The lowest BCUT2D eigenvalue weighted by Gasteiger charge is -2.16. The summed E-state index contributed by atoms with van der Waals surface area (Å²) in [5, 5.41) is 10.3. The predicted molar refractivity (Wildman–Crippen MR) is 341 cm³/mol. The molecule has 0 aliphatic heterocycles. The highest BCUT2D eigenvalue weighted by atomic mass is 19.4. The van der Waals surface area contributed by atoms with Gasteiger partial charge in [-0.2, -0.15) is 31.4 Å². The molecule has 0 fully saturated rings. The normalized spacial score (nSPS) is 11.4. The second-order valence-electron chi connectivity index (χ2n) is 22.0. The number of alkyl halides is 6. The molecule has 3 heterocycles. The summed E-state index contributed by atoms with van der Waals surface area (Å²) in [7, 11) is 3.19. The third-order valence-corrected chi connectivity index (χ3v) is 15.1. The number of amides is 1. The number of aromatic nitrogens is 4. The van der Waals surface area contributed by atoms with Gasteiger partial charge in [0.25, 0.3) is 5.91 Å². The molecule has 0 unspecified atom stereocenters. The second kappa shape index (κ2) is 27.0. The number of hydrogen-bond acceptors (Lipinski definition) is 11. The van der Waals surface area contributed by atoms with Gasteiger partial charge >= 0.3 is 12.4 Å². The second-order valence-corrected chi connectivity index (χ2v) is 22.0. The van der Waals surface area contributed by atoms with Crippen molar-refractivity contribution in [1.29, 1.82) is 0 Å². The number of nitrogens with zero attached hydrogens (tertiary/aromatic N) is 4. The fourth-order valence-electron chi connectivity index (χ4n) is 10.8. The molecule has 92 heavy (non-hydrogen) atoms. The number of methoxy groups -OCH3 is 2. The number of anilines is 1. The Kier molecular flexibility index (Phi) is 18.8. The van der Waals surface area contributed by atoms with Gasteiger partial charge in [-0.1, -0.05) is 91.0 Å². The number of rotatable bonds is 19. The fourth-order valence-corrected chi connectivity index (χ4v) is 10.8. The molecule has 11 rings (SSSR count). The molecule has 1 amide bonds. The van der Waals surface area contributed by atoms with Crippen molar-refractivity contribution in [3.05, 3.63) is 250 Å². The summed E-state index contributed by atoms with van der Waals surface area (Å²) in [5.41, 5.74) is 2.55. The topological polar surface area (TPSA) is 161 Å². The Bertz CT molecular complexity index is 4730. The van der Waals surface area contributed by atoms with Crippen molar-refractivity contribution in [3.63, 3.8) is 0 Å². The first-order valence-electron chi connectivity index (χ1n) is 28.8. The largest absolute Gasteiger partial charge is 0.496 e. The van der Waals surface area contributed by atoms with Crippen LogP contribution in [0.4, 0.5) is 32.0 Å². The van der Waals surface area contributed by atoms with Gasteiger partial charge in [0.15, 0.2) is 17.3 Å². The quantitative estimate of drug-likeness (QED) is 0.0466. The summed E-state index contributed by atoms with van der Waals surface area (Å²) < 4.78 is 109. The Morgan fingerprint density at radius 1 is 0.533 bits per heavy atom. The van der Waals surface area contributed by atoms with E-state index >= 15 is 0 Å². The number of carbonyl (C=O) groups excluding carboxylic acids is 4. The third-order valence-electron chi connectivity index (χ3n) is 15.1. The highest BCUT2D eigenvalue weighted by Crippen LogP contribution is 2.41. The molecule has 3 aromatic heterocycles. The summed E-state index contributed by atoms with van der Waals surface area (Å²) in [4.78, 5) is 60.9.